The summed E-state index contributed by atoms with van der Waals surface area (Å²) < 4.78 is 0. The molecule has 0 radical (unpaired) electrons. The Morgan fingerprint density at radius 2 is 1.81 bits per heavy atom. The third kappa shape index (κ3) is 6.01. The summed E-state index contributed by atoms with van der Waals surface area (Å²) in [4.78, 5) is 29.6. The van der Waals surface area contributed by atoms with Crippen molar-refractivity contribution >= 4 is 11.8 Å². The van der Waals surface area contributed by atoms with E-state index in [0.717, 1.165) is 26.1 Å². The summed E-state index contributed by atoms with van der Waals surface area (Å²) in [5, 5.41) is 0. The van der Waals surface area contributed by atoms with Crippen molar-refractivity contribution in [3.63, 3.8) is 0 Å². The predicted octanol–water partition coefficient (Wildman–Crippen LogP) is -0.0177. The first-order chi connectivity index (χ1) is 9.81. The Labute approximate surface area is 128 Å². The number of amides is 2. The summed E-state index contributed by atoms with van der Waals surface area (Å²) in [6.07, 6.45) is 1.32. The number of hydrogen-bond donors (Lipinski definition) is 1. The van der Waals surface area contributed by atoms with Crippen LogP contribution >= 0.6 is 0 Å². The van der Waals surface area contributed by atoms with E-state index in [2.05, 4.69) is 4.90 Å². The van der Waals surface area contributed by atoms with Crippen LogP contribution in [0, 0.1) is 5.92 Å². The maximum atomic E-state index is 12.3. The van der Waals surface area contributed by atoms with E-state index in [1.807, 2.05) is 18.7 Å². The van der Waals surface area contributed by atoms with Crippen molar-refractivity contribution in [2.75, 3.05) is 46.8 Å². The lowest BCUT2D eigenvalue weighted by atomic mass is 10.0. The Balaban J connectivity index is 2.45. The molecule has 2 amide bonds. The molecule has 1 atom stereocenters. The minimum absolute atomic E-state index is 0.0767. The van der Waals surface area contributed by atoms with Crippen LogP contribution in [0.15, 0.2) is 0 Å². The van der Waals surface area contributed by atoms with E-state index in [-0.39, 0.29) is 17.9 Å². The zero-order valence-electron chi connectivity index (χ0n) is 13.8. The van der Waals surface area contributed by atoms with E-state index in [1.54, 1.807) is 19.0 Å². The Morgan fingerprint density at radius 3 is 2.38 bits per heavy atom. The molecule has 0 aliphatic carbocycles. The highest BCUT2D eigenvalue weighted by molar-refractivity contribution is 5.78. The van der Waals surface area contributed by atoms with Crippen LogP contribution in [0.5, 0.6) is 0 Å². The normalized spacial score (nSPS) is 18.5. The standard InChI is InChI=1S/C15H30N4O2/c1-12(2)13(16)10-14(20)19-7-5-6-18(8-9-19)11-15(21)17(3)4/h12-13H,5-11,16H2,1-4H3. The molecule has 6 nitrogen and oxygen atoms in total. The zero-order chi connectivity index (χ0) is 16.0. The third-order valence-corrected chi connectivity index (χ3v) is 4.07. The fraction of sp³-hybridized carbons (Fsp3) is 0.867. The van der Waals surface area contributed by atoms with Crippen molar-refractivity contribution in [2.45, 2.75) is 32.7 Å². The van der Waals surface area contributed by atoms with Gasteiger partial charge >= 0.3 is 0 Å². The lowest BCUT2D eigenvalue weighted by Gasteiger charge is -2.24. The van der Waals surface area contributed by atoms with Crippen LogP contribution in [-0.2, 0) is 9.59 Å². The number of nitrogens with zero attached hydrogens (tertiary/aromatic N) is 3. The van der Waals surface area contributed by atoms with Crippen LogP contribution in [0.1, 0.15) is 26.7 Å². The second-order valence-electron chi connectivity index (χ2n) is 6.41. The van der Waals surface area contributed by atoms with Gasteiger partial charge < -0.3 is 15.5 Å². The first-order valence-corrected chi connectivity index (χ1v) is 7.77. The van der Waals surface area contributed by atoms with Gasteiger partial charge in [-0.15, -0.1) is 0 Å². The number of rotatable bonds is 5. The van der Waals surface area contributed by atoms with Crippen molar-refractivity contribution < 1.29 is 9.59 Å². The monoisotopic (exact) mass is 298 g/mol. The smallest absolute Gasteiger partial charge is 0.236 e. The van der Waals surface area contributed by atoms with Crippen molar-refractivity contribution in [2.24, 2.45) is 11.7 Å². The first-order valence-electron chi connectivity index (χ1n) is 7.77. The molecule has 1 saturated heterocycles. The van der Waals surface area contributed by atoms with Gasteiger partial charge in [0.2, 0.25) is 11.8 Å². The van der Waals surface area contributed by atoms with Gasteiger partial charge in [-0.05, 0) is 12.3 Å². The van der Waals surface area contributed by atoms with E-state index in [1.165, 1.54) is 0 Å². The van der Waals surface area contributed by atoms with Gasteiger partial charge in [-0.1, -0.05) is 13.8 Å². The van der Waals surface area contributed by atoms with E-state index in [4.69, 9.17) is 5.73 Å². The molecule has 1 aliphatic heterocycles. The predicted molar refractivity (Wildman–Crippen MR) is 83.8 cm³/mol. The second-order valence-corrected chi connectivity index (χ2v) is 6.41. The number of nitrogens with two attached hydrogens (primary N) is 1. The summed E-state index contributed by atoms with van der Waals surface area (Å²) in [5.74, 6) is 0.559. The molecule has 21 heavy (non-hydrogen) atoms. The molecule has 0 aromatic carbocycles. The Bertz CT molecular complexity index is 358. The van der Waals surface area contributed by atoms with Gasteiger partial charge in [0.15, 0.2) is 0 Å². The molecule has 1 rings (SSSR count). The molecule has 1 heterocycles. The van der Waals surface area contributed by atoms with E-state index >= 15 is 0 Å². The molecule has 1 unspecified atom stereocenters. The van der Waals surface area contributed by atoms with Gasteiger partial charge in [-0.2, -0.15) is 0 Å². The fourth-order valence-electron chi connectivity index (χ4n) is 2.28. The topological polar surface area (TPSA) is 69.9 Å². The van der Waals surface area contributed by atoms with Crippen molar-refractivity contribution in [3.8, 4) is 0 Å². The zero-order valence-corrected chi connectivity index (χ0v) is 13.8. The van der Waals surface area contributed by atoms with Crippen molar-refractivity contribution in [1.29, 1.82) is 0 Å². The molecule has 0 aromatic rings. The SMILES string of the molecule is CC(C)C(N)CC(=O)N1CCCN(CC(=O)N(C)C)CC1. The third-order valence-electron chi connectivity index (χ3n) is 4.07. The summed E-state index contributed by atoms with van der Waals surface area (Å²) in [5.41, 5.74) is 5.98. The minimum Gasteiger partial charge on any atom is -0.348 e. The molecule has 1 aliphatic rings. The van der Waals surface area contributed by atoms with Crippen LogP contribution in [0.25, 0.3) is 0 Å². The Kier molecular flexibility index (Phi) is 7.11. The number of hydrogen-bond acceptors (Lipinski definition) is 4. The van der Waals surface area contributed by atoms with Crippen LogP contribution in [0.4, 0.5) is 0 Å². The Hall–Kier alpha value is -1.14. The molecule has 1 fully saturated rings. The van der Waals surface area contributed by atoms with Gasteiger partial charge in [0.25, 0.3) is 0 Å². The minimum atomic E-state index is -0.0767. The summed E-state index contributed by atoms with van der Waals surface area (Å²) in [7, 11) is 3.53. The van der Waals surface area contributed by atoms with Crippen LogP contribution in [0.2, 0.25) is 0 Å². The molecule has 0 spiro atoms. The van der Waals surface area contributed by atoms with E-state index in [0.29, 0.717) is 25.4 Å². The number of carbonyl (C=O) groups is 2. The van der Waals surface area contributed by atoms with E-state index in [9.17, 15) is 9.59 Å². The van der Waals surface area contributed by atoms with Crippen LogP contribution < -0.4 is 5.73 Å². The highest BCUT2D eigenvalue weighted by atomic mass is 16.2. The van der Waals surface area contributed by atoms with Crippen LogP contribution in [0.3, 0.4) is 0 Å². The maximum absolute atomic E-state index is 12.3. The molecule has 6 heteroatoms. The van der Waals surface area contributed by atoms with Gasteiger partial charge in [0.05, 0.1) is 6.54 Å². The van der Waals surface area contributed by atoms with E-state index < -0.39 is 0 Å². The number of carbonyl (C=O) groups excluding carboxylic acids is 2. The molecule has 2 N–H and O–H groups in total. The van der Waals surface area contributed by atoms with Crippen molar-refractivity contribution in [3.05, 3.63) is 0 Å². The lowest BCUT2D eigenvalue weighted by molar-refractivity contribution is -0.131. The Morgan fingerprint density at radius 1 is 1.14 bits per heavy atom. The highest BCUT2D eigenvalue weighted by Gasteiger charge is 2.22. The number of likely N-dealkylation sites (N-methyl/N-ethyl adjacent to an activating group) is 1. The summed E-state index contributed by atoms with van der Waals surface area (Å²) in [6, 6.07) is -0.0767. The summed E-state index contributed by atoms with van der Waals surface area (Å²) in [6.45, 7) is 7.56. The molecule has 0 saturated carbocycles. The maximum Gasteiger partial charge on any atom is 0.236 e. The second kappa shape index (κ2) is 8.34. The van der Waals surface area contributed by atoms with Gasteiger partial charge in [-0.25, -0.2) is 0 Å². The fourth-order valence-corrected chi connectivity index (χ4v) is 2.28. The van der Waals surface area contributed by atoms with Gasteiger partial charge in [0.1, 0.15) is 0 Å². The quantitative estimate of drug-likeness (QED) is 0.774. The van der Waals surface area contributed by atoms with Gasteiger partial charge in [-0.3, -0.25) is 14.5 Å². The van der Waals surface area contributed by atoms with Gasteiger partial charge in [0, 0.05) is 52.7 Å². The van der Waals surface area contributed by atoms with Crippen molar-refractivity contribution in [1.82, 2.24) is 14.7 Å². The first kappa shape index (κ1) is 17.9. The average molecular weight is 298 g/mol. The average Bonchev–Trinajstić information content (AvgIpc) is 2.63. The lowest BCUT2D eigenvalue weighted by Crippen LogP contribution is -2.41. The summed E-state index contributed by atoms with van der Waals surface area (Å²) >= 11 is 0. The van der Waals surface area contributed by atoms with Crippen LogP contribution in [-0.4, -0.2) is 79.4 Å². The molecule has 0 bridgehead atoms. The largest absolute Gasteiger partial charge is 0.348 e. The molecule has 0 aromatic heterocycles. The molecular weight excluding hydrogens is 268 g/mol. The highest BCUT2D eigenvalue weighted by Crippen LogP contribution is 2.09. The molecule has 122 valence electrons. The molecular formula is C15H30N4O2.